The summed E-state index contributed by atoms with van der Waals surface area (Å²) in [4.78, 5) is 14.2. The molecule has 4 saturated carbocycles. The molecule has 19 heavy (non-hydrogen) atoms. The van der Waals surface area contributed by atoms with Crippen LogP contribution in [-0.4, -0.2) is 43.4 Å². The number of carbonyl (C=O) groups is 1. The first-order chi connectivity index (χ1) is 9.28. The quantitative estimate of drug-likeness (QED) is 0.819. The molecule has 1 aliphatic heterocycles. The molecule has 0 spiro atoms. The maximum absolute atomic E-state index is 11.7. The van der Waals surface area contributed by atoms with Crippen LogP contribution in [0.15, 0.2) is 0 Å². The number of rotatable bonds is 2. The first-order valence-corrected chi connectivity index (χ1v) is 8.22. The standard InChI is InChI=1S/C16H26N2O/c19-15-8-17-1-2-18(9-15)10-16-13-4-11-3-12(6-13)7-14(16)5-11/h11-14,16-17H,1-10H2. The minimum absolute atomic E-state index is 0.376. The third kappa shape index (κ3) is 2.36. The van der Waals surface area contributed by atoms with E-state index >= 15 is 0 Å². The molecule has 0 radical (unpaired) electrons. The summed E-state index contributed by atoms with van der Waals surface area (Å²) in [5.74, 6) is 5.38. The molecule has 0 amide bonds. The predicted molar refractivity (Wildman–Crippen MR) is 74.9 cm³/mol. The first-order valence-electron chi connectivity index (χ1n) is 8.22. The lowest BCUT2D eigenvalue weighted by atomic mass is 9.52. The molecule has 4 aliphatic carbocycles. The Morgan fingerprint density at radius 1 is 1.05 bits per heavy atom. The molecule has 5 aliphatic rings. The fourth-order valence-corrected chi connectivity index (χ4v) is 5.64. The minimum atomic E-state index is 0.376. The number of carbonyl (C=O) groups excluding carboxylic acids is 1. The largest absolute Gasteiger partial charge is 0.309 e. The Labute approximate surface area is 116 Å². The van der Waals surface area contributed by atoms with Crippen LogP contribution in [0.4, 0.5) is 0 Å². The number of nitrogens with zero attached hydrogens (tertiary/aromatic N) is 1. The van der Waals surface area contributed by atoms with Gasteiger partial charge in [-0.15, -0.1) is 0 Å². The van der Waals surface area contributed by atoms with Crippen LogP contribution in [0.1, 0.15) is 32.1 Å². The molecule has 0 aromatic heterocycles. The van der Waals surface area contributed by atoms with E-state index in [0.29, 0.717) is 18.9 Å². The number of Topliss-reactive ketones (excluding diaryl/α,β-unsaturated/α-hetero) is 1. The van der Waals surface area contributed by atoms with Gasteiger partial charge in [-0.05, 0) is 61.7 Å². The van der Waals surface area contributed by atoms with Crippen molar-refractivity contribution in [2.24, 2.45) is 29.6 Å². The van der Waals surface area contributed by atoms with Gasteiger partial charge in [0, 0.05) is 19.6 Å². The number of nitrogens with one attached hydrogen (secondary N) is 1. The fourth-order valence-electron chi connectivity index (χ4n) is 5.64. The Kier molecular flexibility index (Phi) is 3.15. The Morgan fingerprint density at radius 3 is 2.42 bits per heavy atom. The van der Waals surface area contributed by atoms with Crippen molar-refractivity contribution in [3.63, 3.8) is 0 Å². The number of hydrogen-bond acceptors (Lipinski definition) is 3. The molecule has 1 saturated heterocycles. The normalized spacial score (nSPS) is 46.5. The fraction of sp³-hybridized carbons (Fsp3) is 0.938. The summed E-state index contributed by atoms with van der Waals surface area (Å²) in [5.41, 5.74) is 0. The van der Waals surface area contributed by atoms with Crippen molar-refractivity contribution in [3.05, 3.63) is 0 Å². The average molecular weight is 262 g/mol. The van der Waals surface area contributed by atoms with Crippen molar-refractivity contribution in [1.29, 1.82) is 0 Å². The van der Waals surface area contributed by atoms with Crippen molar-refractivity contribution in [3.8, 4) is 0 Å². The Balaban J connectivity index is 1.43. The molecule has 1 N–H and O–H groups in total. The summed E-state index contributed by atoms with van der Waals surface area (Å²) >= 11 is 0. The summed E-state index contributed by atoms with van der Waals surface area (Å²) < 4.78 is 0. The van der Waals surface area contributed by atoms with E-state index < -0.39 is 0 Å². The topological polar surface area (TPSA) is 32.3 Å². The van der Waals surface area contributed by atoms with Gasteiger partial charge in [-0.2, -0.15) is 0 Å². The van der Waals surface area contributed by atoms with Gasteiger partial charge >= 0.3 is 0 Å². The van der Waals surface area contributed by atoms with Gasteiger partial charge in [0.05, 0.1) is 13.1 Å². The molecule has 0 aromatic carbocycles. The first kappa shape index (κ1) is 12.3. The molecule has 0 atom stereocenters. The highest BCUT2D eigenvalue weighted by molar-refractivity contribution is 5.82. The van der Waals surface area contributed by atoms with Crippen LogP contribution < -0.4 is 5.32 Å². The zero-order valence-electron chi connectivity index (χ0n) is 11.8. The number of ketones is 1. The Bertz CT molecular complexity index is 340. The second-order valence-corrected chi connectivity index (χ2v) is 7.55. The van der Waals surface area contributed by atoms with Crippen molar-refractivity contribution >= 4 is 5.78 Å². The predicted octanol–water partition coefficient (Wildman–Crippen LogP) is 1.53. The van der Waals surface area contributed by atoms with Crippen LogP contribution in [-0.2, 0) is 4.79 Å². The second kappa shape index (κ2) is 4.85. The molecular formula is C16H26N2O. The maximum atomic E-state index is 11.7. The summed E-state index contributed by atoms with van der Waals surface area (Å²) in [6, 6.07) is 0. The van der Waals surface area contributed by atoms with Crippen LogP contribution in [0.25, 0.3) is 0 Å². The van der Waals surface area contributed by atoms with Crippen molar-refractivity contribution in [2.45, 2.75) is 32.1 Å². The zero-order chi connectivity index (χ0) is 12.8. The van der Waals surface area contributed by atoms with E-state index in [2.05, 4.69) is 10.2 Å². The molecule has 5 fully saturated rings. The molecule has 0 aromatic rings. The maximum Gasteiger partial charge on any atom is 0.160 e. The SMILES string of the molecule is O=C1CNCCN(CC2C3CC4CC(C3)CC2C4)C1. The van der Waals surface area contributed by atoms with Crippen LogP contribution in [0.2, 0.25) is 0 Å². The van der Waals surface area contributed by atoms with E-state index in [9.17, 15) is 4.79 Å². The van der Waals surface area contributed by atoms with E-state index in [4.69, 9.17) is 0 Å². The van der Waals surface area contributed by atoms with Gasteiger partial charge in [0.1, 0.15) is 0 Å². The van der Waals surface area contributed by atoms with Gasteiger partial charge in [0.25, 0.3) is 0 Å². The molecule has 3 nitrogen and oxygen atoms in total. The highest BCUT2D eigenvalue weighted by Crippen LogP contribution is 2.56. The Morgan fingerprint density at radius 2 is 1.74 bits per heavy atom. The molecule has 106 valence electrons. The van der Waals surface area contributed by atoms with Gasteiger partial charge in [-0.3, -0.25) is 9.69 Å². The van der Waals surface area contributed by atoms with Crippen molar-refractivity contribution in [1.82, 2.24) is 10.2 Å². The third-order valence-electron chi connectivity index (χ3n) is 6.22. The van der Waals surface area contributed by atoms with Gasteiger partial charge in [-0.1, -0.05) is 0 Å². The molecule has 5 rings (SSSR count). The van der Waals surface area contributed by atoms with Gasteiger partial charge in [-0.25, -0.2) is 0 Å². The zero-order valence-corrected chi connectivity index (χ0v) is 11.8. The van der Waals surface area contributed by atoms with E-state index in [1.807, 2.05) is 0 Å². The van der Waals surface area contributed by atoms with Crippen LogP contribution in [0, 0.1) is 29.6 Å². The minimum Gasteiger partial charge on any atom is -0.309 e. The lowest BCUT2D eigenvalue weighted by Crippen LogP contribution is -2.49. The van der Waals surface area contributed by atoms with Crippen LogP contribution in [0.3, 0.4) is 0 Å². The summed E-state index contributed by atoms with van der Waals surface area (Å²) in [6.07, 6.45) is 7.52. The van der Waals surface area contributed by atoms with E-state index in [-0.39, 0.29) is 0 Å². The molecular weight excluding hydrogens is 236 g/mol. The summed E-state index contributed by atoms with van der Waals surface area (Å²) in [6.45, 7) is 4.52. The number of hydrogen-bond donors (Lipinski definition) is 1. The van der Waals surface area contributed by atoms with Gasteiger partial charge in [0.15, 0.2) is 5.78 Å². The molecule has 1 heterocycles. The van der Waals surface area contributed by atoms with E-state index in [1.54, 1.807) is 0 Å². The molecule has 0 unspecified atom stereocenters. The molecule has 4 bridgehead atoms. The van der Waals surface area contributed by atoms with Gasteiger partial charge < -0.3 is 5.32 Å². The highest BCUT2D eigenvalue weighted by atomic mass is 16.1. The summed E-state index contributed by atoms with van der Waals surface area (Å²) in [5, 5.41) is 3.24. The highest BCUT2D eigenvalue weighted by Gasteiger charge is 2.48. The van der Waals surface area contributed by atoms with Crippen LogP contribution >= 0.6 is 0 Å². The van der Waals surface area contributed by atoms with Crippen molar-refractivity contribution < 1.29 is 4.79 Å². The monoisotopic (exact) mass is 262 g/mol. The van der Waals surface area contributed by atoms with Crippen molar-refractivity contribution in [2.75, 3.05) is 32.7 Å². The van der Waals surface area contributed by atoms with E-state index in [1.165, 1.54) is 38.6 Å². The van der Waals surface area contributed by atoms with Crippen LogP contribution in [0.5, 0.6) is 0 Å². The molecule has 3 heteroatoms. The van der Waals surface area contributed by atoms with E-state index in [0.717, 1.165) is 42.7 Å². The third-order valence-corrected chi connectivity index (χ3v) is 6.22. The smallest absolute Gasteiger partial charge is 0.160 e. The summed E-state index contributed by atoms with van der Waals surface area (Å²) in [7, 11) is 0. The van der Waals surface area contributed by atoms with Gasteiger partial charge in [0.2, 0.25) is 0 Å². The average Bonchev–Trinajstić information content (AvgIpc) is 2.57. The Hall–Kier alpha value is -0.410. The lowest BCUT2D eigenvalue weighted by Gasteiger charge is -2.55. The second-order valence-electron chi connectivity index (χ2n) is 7.55. The lowest BCUT2D eigenvalue weighted by molar-refractivity contribution is -0.119.